The maximum absolute atomic E-state index is 13.4. The highest BCUT2D eigenvalue weighted by Crippen LogP contribution is 2.13. The summed E-state index contributed by atoms with van der Waals surface area (Å²) >= 11 is 1.50. The van der Waals surface area contributed by atoms with Crippen LogP contribution in [0, 0.1) is 0 Å². The number of guanidine groups is 1. The second-order valence-electron chi connectivity index (χ2n) is 10.5. The monoisotopic (exact) mass is 713 g/mol. The second kappa shape index (κ2) is 21.9. The summed E-state index contributed by atoms with van der Waals surface area (Å²) in [7, 11) is 0. The standard InChI is InChI=1S/C29H41N7O5S.C2HF3O2/c1-42-16-14-23(34-25(37)21(30)17-19-9-4-2-5-10-19)27(39)35-22(13-8-15-33-29(31)32)26(38)36-24(28(40)41)18-20-11-6-3-7-12-20;3-2(4,5)1(6)7/h2-7,9-12,21-24H,8,13-18,30H2,1H3,(H,34,37)(H,35,39)(H,36,38)(H,40,41)(H4,31,32,33);(H,6,7)/t21-,22-,23-,24-;/m0./s1. The van der Waals surface area contributed by atoms with Crippen molar-refractivity contribution >= 4 is 47.4 Å². The van der Waals surface area contributed by atoms with Crippen molar-refractivity contribution in [2.45, 2.75) is 62.4 Å². The molecule has 0 fully saturated rings. The minimum Gasteiger partial charge on any atom is -0.480 e. The summed E-state index contributed by atoms with van der Waals surface area (Å²) in [5.74, 6) is -5.27. The first kappa shape index (κ1) is 42.2. The fourth-order valence-corrected chi connectivity index (χ4v) is 4.58. The molecule has 0 aliphatic rings. The number of nitrogens with two attached hydrogens (primary N) is 3. The third kappa shape index (κ3) is 17.8. The van der Waals surface area contributed by atoms with E-state index in [1.165, 1.54) is 11.8 Å². The predicted molar refractivity (Wildman–Crippen MR) is 178 cm³/mol. The van der Waals surface area contributed by atoms with Crippen molar-refractivity contribution in [1.82, 2.24) is 16.0 Å². The quantitative estimate of drug-likeness (QED) is 0.0609. The fourth-order valence-electron chi connectivity index (χ4n) is 4.11. The van der Waals surface area contributed by atoms with Crippen molar-refractivity contribution in [3.63, 3.8) is 0 Å². The molecule has 0 radical (unpaired) electrons. The molecule has 2 rings (SSSR count). The lowest BCUT2D eigenvalue weighted by atomic mass is 10.0. The van der Waals surface area contributed by atoms with Gasteiger partial charge in [0.2, 0.25) is 17.7 Å². The van der Waals surface area contributed by atoms with E-state index in [1.54, 1.807) is 30.3 Å². The van der Waals surface area contributed by atoms with Gasteiger partial charge in [0, 0.05) is 13.0 Å². The Labute approximate surface area is 285 Å². The summed E-state index contributed by atoms with van der Waals surface area (Å²) in [4.78, 5) is 64.4. The van der Waals surface area contributed by atoms with Crippen molar-refractivity contribution in [3.05, 3.63) is 71.8 Å². The summed E-state index contributed by atoms with van der Waals surface area (Å²) < 4.78 is 31.7. The van der Waals surface area contributed by atoms with E-state index >= 15 is 0 Å². The van der Waals surface area contributed by atoms with Crippen LogP contribution in [0.4, 0.5) is 13.2 Å². The summed E-state index contributed by atoms with van der Waals surface area (Å²) in [5.41, 5.74) is 18.5. The number of halogens is 3. The molecule has 11 N–H and O–H groups in total. The van der Waals surface area contributed by atoms with E-state index in [4.69, 9.17) is 27.1 Å². The molecule has 3 amide bonds. The van der Waals surface area contributed by atoms with Gasteiger partial charge >= 0.3 is 18.1 Å². The zero-order chi connectivity index (χ0) is 37.0. The van der Waals surface area contributed by atoms with Gasteiger partial charge in [-0.1, -0.05) is 60.7 Å². The van der Waals surface area contributed by atoms with Crippen molar-refractivity contribution in [3.8, 4) is 0 Å². The molecule has 0 heterocycles. The van der Waals surface area contributed by atoms with Crippen LogP contribution in [0.3, 0.4) is 0 Å². The van der Waals surface area contributed by atoms with Crippen LogP contribution in [-0.4, -0.2) is 94.7 Å². The second-order valence-corrected chi connectivity index (χ2v) is 11.5. The molecule has 0 unspecified atom stereocenters. The normalized spacial score (nSPS) is 13.2. The Morgan fingerprint density at radius 3 is 1.67 bits per heavy atom. The van der Waals surface area contributed by atoms with Gasteiger partial charge in [0.25, 0.3) is 0 Å². The highest BCUT2D eigenvalue weighted by molar-refractivity contribution is 7.98. The first-order valence-electron chi connectivity index (χ1n) is 14.9. The number of hydrogen-bond acceptors (Lipinski definition) is 8. The van der Waals surface area contributed by atoms with Crippen LogP contribution in [-0.2, 0) is 36.8 Å². The molecule has 0 bridgehead atoms. The van der Waals surface area contributed by atoms with Crippen molar-refractivity contribution in [2.24, 2.45) is 22.2 Å². The molecule has 49 heavy (non-hydrogen) atoms. The van der Waals surface area contributed by atoms with Gasteiger partial charge in [-0.3, -0.25) is 19.4 Å². The molecular weight excluding hydrogens is 671 g/mol. The van der Waals surface area contributed by atoms with Crippen LogP contribution in [0.25, 0.3) is 0 Å². The number of amides is 3. The number of carbonyl (C=O) groups excluding carboxylic acids is 3. The number of benzene rings is 2. The topological polar surface area (TPSA) is 252 Å². The van der Waals surface area contributed by atoms with E-state index in [-0.39, 0.29) is 31.8 Å². The Morgan fingerprint density at radius 2 is 1.22 bits per heavy atom. The number of carboxylic acid groups (broad SMARTS) is 2. The smallest absolute Gasteiger partial charge is 0.480 e. The third-order valence-corrected chi connectivity index (χ3v) is 7.24. The SMILES string of the molecule is CSCC[C@H](NC(=O)[C@@H](N)Cc1ccccc1)C(=O)N[C@@H](CCCN=C(N)N)C(=O)N[C@@H](Cc1ccccc1)C(=O)O.O=C(O)C(F)(F)F. The molecule has 2 aromatic rings. The largest absolute Gasteiger partial charge is 0.490 e. The van der Waals surface area contributed by atoms with E-state index in [1.807, 2.05) is 36.6 Å². The lowest BCUT2D eigenvalue weighted by Gasteiger charge is -2.25. The van der Waals surface area contributed by atoms with Gasteiger partial charge in [-0.15, -0.1) is 0 Å². The van der Waals surface area contributed by atoms with E-state index < -0.39 is 60.0 Å². The van der Waals surface area contributed by atoms with Crippen LogP contribution < -0.4 is 33.2 Å². The van der Waals surface area contributed by atoms with Gasteiger partial charge in [-0.2, -0.15) is 24.9 Å². The molecule has 0 saturated carbocycles. The zero-order valence-corrected chi connectivity index (χ0v) is 27.5. The number of nitrogens with one attached hydrogen (secondary N) is 3. The van der Waals surface area contributed by atoms with E-state index in [0.717, 1.165) is 11.1 Å². The minimum atomic E-state index is -5.08. The molecule has 0 aliphatic heterocycles. The third-order valence-electron chi connectivity index (χ3n) is 6.60. The van der Waals surface area contributed by atoms with E-state index in [0.29, 0.717) is 18.6 Å². The Morgan fingerprint density at radius 1 is 0.776 bits per heavy atom. The summed E-state index contributed by atoms with van der Waals surface area (Å²) in [5, 5.41) is 24.8. The molecule has 14 nitrogen and oxygen atoms in total. The first-order chi connectivity index (χ1) is 23.0. The van der Waals surface area contributed by atoms with Crippen LogP contribution in [0.5, 0.6) is 0 Å². The average molecular weight is 714 g/mol. The number of aliphatic imine (C=N–C) groups is 1. The molecule has 0 saturated heterocycles. The lowest BCUT2D eigenvalue weighted by Crippen LogP contribution is -2.57. The number of nitrogens with zero attached hydrogens (tertiary/aromatic N) is 1. The van der Waals surface area contributed by atoms with Crippen molar-refractivity contribution < 1.29 is 47.4 Å². The number of aliphatic carboxylic acids is 2. The molecule has 0 spiro atoms. The Kier molecular flexibility index (Phi) is 18.9. The fraction of sp³-hybridized carbons (Fsp3) is 0.419. The van der Waals surface area contributed by atoms with E-state index in [9.17, 15) is 37.5 Å². The molecular formula is C31H42F3N7O7S. The first-order valence-corrected chi connectivity index (χ1v) is 16.3. The highest BCUT2D eigenvalue weighted by Gasteiger charge is 2.38. The van der Waals surface area contributed by atoms with Gasteiger partial charge in [0.1, 0.15) is 18.1 Å². The van der Waals surface area contributed by atoms with Crippen molar-refractivity contribution in [2.75, 3.05) is 18.6 Å². The zero-order valence-electron chi connectivity index (χ0n) is 26.7. The summed E-state index contributed by atoms with van der Waals surface area (Å²) in [6.07, 6.45) is -2.11. The van der Waals surface area contributed by atoms with Crippen LogP contribution >= 0.6 is 11.8 Å². The molecule has 4 atom stereocenters. The van der Waals surface area contributed by atoms with Gasteiger partial charge in [0.05, 0.1) is 6.04 Å². The Bertz CT molecular complexity index is 1380. The number of hydrogen-bond donors (Lipinski definition) is 8. The maximum Gasteiger partial charge on any atom is 0.490 e. The number of carboxylic acids is 2. The summed E-state index contributed by atoms with van der Waals surface area (Å²) in [6.45, 7) is 0.204. The highest BCUT2D eigenvalue weighted by atomic mass is 32.2. The number of carbonyl (C=O) groups is 5. The number of alkyl halides is 3. The predicted octanol–water partition coefficient (Wildman–Crippen LogP) is 0.778. The molecule has 2 aromatic carbocycles. The minimum absolute atomic E-state index is 0.0578. The van der Waals surface area contributed by atoms with Crippen LogP contribution in [0.1, 0.15) is 30.4 Å². The number of thioether (sulfide) groups is 1. The Hall–Kier alpha value is -4.84. The van der Waals surface area contributed by atoms with E-state index in [2.05, 4.69) is 20.9 Å². The van der Waals surface area contributed by atoms with Crippen LogP contribution in [0.2, 0.25) is 0 Å². The van der Waals surface area contributed by atoms with Gasteiger partial charge in [-0.25, -0.2) is 9.59 Å². The lowest BCUT2D eigenvalue weighted by molar-refractivity contribution is -0.192. The molecule has 0 aromatic heterocycles. The maximum atomic E-state index is 13.4. The van der Waals surface area contributed by atoms with Crippen molar-refractivity contribution in [1.29, 1.82) is 0 Å². The molecule has 18 heteroatoms. The van der Waals surface area contributed by atoms with Gasteiger partial charge in [0.15, 0.2) is 5.96 Å². The number of rotatable bonds is 18. The summed E-state index contributed by atoms with van der Waals surface area (Å²) in [6, 6.07) is 14.0. The Balaban J connectivity index is 0.00000154. The van der Waals surface area contributed by atoms with Gasteiger partial charge in [-0.05, 0) is 48.8 Å². The molecule has 270 valence electrons. The van der Waals surface area contributed by atoms with Crippen LogP contribution in [0.15, 0.2) is 65.7 Å². The average Bonchev–Trinajstić information content (AvgIpc) is 3.04. The molecule has 0 aliphatic carbocycles. The van der Waals surface area contributed by atoms with Gasteiger partial charge < -0.3 is 43.4 Å².